The fourth-order valence-electron chi connectivity index (χ4n) is 1.83. The molecule has 1 aromatic heterocycles. The normalized spacial score (nSPS) is 12.5. The molecule has 1 unspecified atom stereocenters. The fraction of sp³-hybridized carbons (Fsp3) is 0.357. The maximum atomic E-state index is 9.75. The van der Waals surface area contributed by atoms with Gasteiger partial charge in [-0.2, -0.15) is 0 Å². The minimum Gasteiger partial charge on any atom is -0.508 e. The highest BCUT2D eigenvalue weighted by atomic mass is 16.4. The zero-order valence-electron chi connectivity index (χ0n) is 11.1. The van der Waals surface area contributed by atoms with Crippen molar-refractivity contribution >= 4 is 0 Å². The van der Waals surface area contributed by atoms with Gasteiger partial charge in [0.05, 0.1) is 12.7 Å². The van der Waals surface area contributed by atoms with Crippen LogP contribution in [-0.4, -0.2) is 15.2 Å². The van der Waals surface area contributed by atoms with Crippen molar-refractivity contribution in [2.45, 2.75) is 32.9 Å². The summed E-state index contributed by atoms with van der Waals surface area (Å²) in [6, 6.07) is 4.35. The molecular weight excluding hydrogens is 244 g/mol. The molecule has 1 heterocycles. The molecule has 0 aliphatic heterocycles. The third-order valence-corrected chi connectivity index (χ3v) is 2.99. The Bertz CT molecular complexity index is 551. The molecule has 5 nitrogen and oxygen atoms in total. The molecule has 0 fully saturated rings. The van der Waals surface area contributed by atoms with Gasteiger partial charge in [-0.25, -0.2) is 4.98 Å². The number of hydrogen-bond donors (Lipinski definition) is 3. The van der Waals surface area contributed by atoms with Gasteiger partial charge in [0.2, 0.25) is 5.89 Å². The van der Waals surface area contributed by atoms with Crippen molar-refractivity contribution in [2.75, 3.05) is 0 Å². The fourth-order valence-corrected chi connectivity index (χ4v) is 1.83. The zero-order chi connectivity index (χ0) is 13.8. The number of phenolic OH excluding ortho intramolecular Hbond substituents is 2. The monoisotopic (exact) mass is 262 g/mol. The molecule has 0 radical (unpaired) electrons. The van der Waals surface area contributed by atoms with Crippen molar-refractivity contribution in [1.82, 2.24) is 10.3 Å². The summed E-state index contributed by atoms with van der Waals surface area (Å²) >= 11 is 0. The first kappa shape index (κ1) is 13.4. The lowest BCUT2D eigenvalue weighted by Gasteiger charge is -2.14. The summed E-state index contributed by atoms with van der Waals surface area (Å²) in [4.78, 5) is 4.15. The molecule has 5 heteroatoms. The van der Waals surface area contributed by atoms with Gasteiger partial charge in [0.25, 0.3) is 0 Å². The van der Waals surface area contributed by atoms with E-state index >= 15 is 0 Å². The molecule has 0 aliphatic carbocycles. The molecule has 102 valence electrons. The van der Waals surface area contributed by atoms with Gasteiger partial charge < -0.3 is 19.9 Å². The number of aryl methyl sites for hydroxylation is 1. The number of nitrogens with one attached hydrogen (secondary N) is 1. The molecule has 0 bridgehead atoms. The van der Waals surface area contributed by atoms with E-state index in [0.717, 1.165) is 12.2 Å². The average Bonchev–Trinajstić information content (AvgIpc) is 2.87. The molecule has 0 saturated heterocycles. The van der Waals surface area contributed by atoms with E-state index in [4.69, 9.17) is 4.42 Å². The minimum absolute atomic E-state index is 0.121. The van der Waals surface area contributed by atoms with E-state index in [-0.39, 0.29) is 17.5 Å². The molecule has 19 heavy (non-hydrogen) atoms. The van der Waals surface area contributed by atoms with Gasteiger partial charge in [0, 0.05) is 18.0 Å². The summed E-state index contributed by atoms with van der Waals surface area (Å²) in [5.41, 5.74) is 0.641. The summed E-state index contributed by atoms with van der Waals surface area (Å²) in [7, 11) is 0. The third-order valence-electron chi connectivity index (χ3n) is 2.99. The van der Waals surface area contributed by atoms with Crippen molar-refractivity contribution in [3.05, 3.63) is 41.6 Å². The first-order valence-corrected chi connectivity index (χ1v) is 6.29. The van der Waals surface area contributed by atoms with Crippen molar-refractivity contribution in [1.29, 1.82) is 0 Å². The molecule has 2 rings (SSSR count). The van der Waals surface area contributed by atoms with Crippen LogP contribution in [0.2, 0.25) is 0 Å². The summed E-state index contributed by atoms with van der Waals surface area (Å²) in [6.07, 6.45) is 2.53. The van der Waals surface area contributed by atoms with Crippen molar-refractivity contribution in [2.24, 2.45) is 0 Å². The number of rotatable bonds is 5. The summed E-state index contributed by atoms with van der Waals surface area (Å²) in [6.45, 7) is 4.37. The smallest absolute Gasteiger partial charge is 0.208 e. The Morgan fingerprint density at radius 1 is 1.37 bits per heavy atom. The number of nitrogens with zero attached hydrogens (tertiary/aromatic N) is 1. The van der Waals surface area contributed by atoms with Gasteiger partial charge in [-0.1, -0.05) is 6.92 Å². The Morgan fingerprint density at radius 2 is 2.16 bits per heavy atom. The Morgan fingerprint density at radius 3 is 2.84 bits per heavy atom. The maximum Gasteiger partial charge on any atom is 0.208 e. The van der Waals surface area contributed by atoms with E-state index in [1.165, 1.54) is 12.1 Å². The number of hydrogen-bond acceptors (Lipinski definition) is 5. The standard InChI is InChI=1S/C14H18N2O3/c1-3-11-7-16-14(19-11)8-15-9(2)12-6-10(17)4-5-13(12)18/h4-7,9,15,17-18H,3,8H2,1-2H3. The maximum absolute atomic E-state index is 9.75. The van der Waals surface area contributed by atoms with Gasteiger partial charge in [0.15, 0.2) is 0 Å². The van der Waals surface area contributed by atoms with Crippen LogP contribution in [0.3, 0.4) is 0 Å². The molecule has 0 spiro atoms. The van der Waals surface area contributed by atoms with Crippen LogP contribution in [0.25, 0.3) is 0 Å². The highest BCUT2D eigenvalue weighted by Crippen LogP contribution is 2.27. The molecule has 3 N–H and O–H groups in total. The summed E-state index contributed by atoms with van der Waals surface area (Å²) < 4.78 is 5.49. The largest absolute Gasteiger partial charge is 0.508 e. The topological polar surface area (TPSA) is 78.5 Å². The first-order chi connectivity index (χ1) is 9.10. The highest BCUT2D eigenvalue weighted by Gasteiger charge is 2.12. The van der Waals surface area contributed by atoms with Gasteiger partial charge in [-0.3, -0.25) is 0 Å². The van der Waals surface area contributed by atoms with E-state index in [1.807, 2.05) is 13.8 Å². The summed E-state index contributed by atoms with van der Waals surface area (Å²) in [5.74, 6) is 1.75. The molecule has 0 saturated carbocycles. The van der Waals surface area contributed by atoms with Crippen LogP contribution in [-0.2, 0) is 13.0 Å². The van der Waals surface area contributed by atoms with Crippen LogP contribution < -0.4 is 5.32 Å². The Kier molecular flexibility index (Phi) is 4.06. The van der Waals surface area contributed by atoms with Crippen LogP contribution in [0.1, 0.15) is 37.1 Å². The van der Waals surface area contributed by atoms with Crippen LogP contribution in [0, 0.1) is 0 Å². The second-order valence-electron chi connectivity index (χ2n) is 4.42. The van der Waals surface area contributed by atoms with Crippen LogP contribution >= 0.6 is 0 Å². The number of benzene rings is 1. The number of oxazole rings is 1. The van der Waals surface area contributed by atoms with E-state index in [1.54, 1.807) is 12.3 Å². The van der Waals surface area contributed by atoms with Gasteiger partial charge in [-0.05, 0) is 25.1 Å². The van der Waals surface area contributed by atoms with Crippen LogP contribution in [0.5, 0.6) is 11.5 Å². The van der Waals surface area contributed by atoms with E-state index < -0.39 is 0 Å². The van der Waals surface area contributed by atoms with E-state index in [2.05, 4.69) is 10.3 Å². The third kappa shape index (κ3) is 3.26. The zero-order valence-corrected chi connectivity index (χ0v) is 11.1. The number of aromatic hydroxyl groups is 2. The highest BCUT2D eigenvalue weighted by molar-refractivity contribution is 5.40. The van der Waals surface area contributed by atoms with Crippen molar-refractivity contribution in [3.8, 4) is 11.5 Å². The molecule has 1 atom stereocenters. The number of phenols is 2. The van der Waals surface area contributed by atoms with Gasteiger partial charge in [-0.15, -0.1) is 0 Å². The Labute approximate surface area is 111 Å². The first-order valence-electron chi connectivity index (χ1n) is 6.29. The SMILES string of the molecule is CCc1cnc(CNC(C)c2cc(O)ccc2O)o1. The van der Waals surface area contributed by atoms with Crippen molar-refractivity contribution < 1.29 is 14.6 Å². The van der Waals surface area contributed by atoms with Gasteiger partial charge in [0.1, 0.15) is 17.3 Å². The van der Waals surface area contributed by atoms with Crippen molar-refractivity contribution in [3.63, 3.8) is 0 Å². The quantitative estimate of drug-likeness (QED) is 0.721. The van der Waals surface area contributed by atoms with E-state index in [0.29, 0.717) is 18.0 Å². The molecule has 2 aromatic rings. The van der Waals surface area contributed by atoms with Crippen LogP contribution in [0.4, 0.5) is 0 Å². The predicted octanol–water partition coefficient (Wildman–Crippen LogP) is 2.50. The van der Waals surface area contributed by atoms with Crippen LogP contribution in [0.15, 0.2) is 28.8 Å². The lowest BCUT2D eigenvalue weighted by molar-refractivity contribution is 0.411. The average molecular weight is 262 g/mol. The Hall–Kier alpha value is -2.01. The summed E-state index contributed by atoms with van der Waals surface area (Å²) in [5, 5.41) is 22.4. The van der Waals surface area contributed by atoms with E-state index in [9.17, 15) is 10.2 Å². The molecule has 0 amide bonds. The second-order valence-corrected chi connectivity index (χ2v) is 4.42. The molecule has 1 aromatic carbocycles. The molecule has 0 aliphatic rings. The Balaban J connectivity index is 2.00. The lowest BCUT2D eigenvalue weighted by atomic mass is 10.1. The second kappa shape index (κ2) is 5.75. The molecular formula is C14H18N2O3. The van der Waals surface area contributed by atoms with Gasteiger partial charge >= 0.3 is 0 Å². The predicted molar refractivity (Wildman–Crippen MR) is 70.9 cm³/mol. The number of aromatic nitrogens is 1. The lowest BCUT2D eigenvalue weighted by Crippen LogP contribution is -2.18. The minimum atomic E-state index is -0.121.